The van der Waals surface area contributed by atoms with Gasteiger partial charge >= 0.3 is 0 Å². The molecule has 3 aromatic carbocycles. The number of nitrogens with one attached hydrogen (secondary N) is 2. The fourth-order valence-corrected chi connectivity index (χ4v) is 3.59. The number of carbonyl (C=O) groups excluding carboxylic acids is 1. The lowest BCUT2D eigenvalue weighted by molar-refractivity contribution is -0.116. The summed E-state index contributed by atoms with van der Waals surface area (Å²) < 4.78 is 12.0. The molecule has 0 aliphatic heterocycles. The monoisotopic (exact) mass is 443 g/mol. The van der Waals surface area contributed by atoms with E-state index in [4.69, 9.17) is 9.47 Å². The molecule has 1 heterocycles. The van der Waals surface area contributed by atoms with Crippen molar-refractivity contribution in [1.29, 1.82) is 0 Å². The smallest absolute Gasteiger partial charge is 0.256 e. The minimum atomic E-state index is -0.306. The molecule has 1 aromatic heterocycles. The third-order valence-corrected chi connectivity index (χ3v) is 5.31. The first-order valence-corrected chi connectivity index (χ1v) is 10.5. The van der Waals surface area contributed by atoms with Crippen molar-refractivity contribution in [2.24, 2.45) is 0 Å². The van der Waals surface area contributed by atoms with Crippen molar-refractivity contribution in [2.45, 2.75) is 13.1 Å². The zero-order valence-electron chi connectivity index (χ0n) is 18.5. The highest BCUT2D eigenvalue weighted by Gasteiger charge is 2.14. The Morgan fingerprint density at radius 1 is 0.848 bits per heavy atom. The van der Waals surface area contributed by atoms with E-state index in [0.717, 1.165) is 11.1 Å². The zero-order valence-corrected chi connectivity index (χ0v) is 18.5. The lowest BCUT2D eigenvalue weighted by atomic mass is 10.1. The summed E-state index contributed by atoms with van der Waals surface area (Å²) in [7, 11) is 3.15. The lowest BCUT2D eigenvalue weighted by Gasteiger charge is -2.15. The van der Waals surface area contributed by atoms with Crippen molar-refractivity contribution in [3.05, 3.63) is 94.8 Å². The molecule has 168 valence electrons. The number of pyridine rings is 1. The van der Waals surface area contributed by atoms with Gasteiger partial charge in [0.15, 0.2) is 0 Å². The van der Waals surface area contributed by atoms with Crippen LogP contribution in [0.5, 0.6) is 11.5 Å². The number of amides is 1. The van der Waals surface area contributed by atoms with Crippen LogP contribution in [0.25, 0.3) is 10.9 Å². The molecule has 0 atom stereocenters. The number of para-hydroxylation sites is 1. The van der Waals surface area contributed by atoms with Crippen molar-refractivity contribution in [3.63, 3.8) is 0 Å². The maximum atomic E-state index is 13.4. The number of hydrogen-bond donors (Lipinski definition) is 2. The van der Waals surface area contributed by atoms with Gasteiger partial charge in [0.1, 0.15) is 18.0 Å². The standard InChI is InChI=1S/C26H25N3O4/c1-32-22-12-9-21(10-13-22)28-25(30)17-29-24-15-23(33-2)11-8-18(24)14-19(26(29)31)16-27-20-6-4-3-5-7-20/h3-15,27H,16-17H2,1-2H3,(H,28,30). The third kappa shape index (κ3) is 5.15. The van der Waals surface area contributed by atoms with Gasteiger partial charge in [-0.25, -0.2) is 0 Å². The van der Waals surface area contributed by atoms with E-state index in [1.807, 2.05) is 48.5 Å². The molecule has 7 heteroatoms. The second-order valence-electron chi connectivity index (χ2n) is 7.48. The summed E-state index contributed by atoms with van der Waals surface area (Å²) in [6.07, 6.45) is 0. The van der Waals surface area contributed by atoms with Crippen LogP contribution in [-0.4, -0.2) is 24.7 Å². The second kappa shape index (κ2) is 9.91. The average molecular weight is 444 g/mol. The number of methoxy groups -OCH3 is 2. The molecule has 7 nitrogen and oxygen atoms in total. The predicted molar refractivity (Wildman–Crippen MR) is 130 cm³/mol. The van der Waals surface area contributed by atoms with E-state index >= 15 is 0 Å². The minimum absolute atomic E-state index is 0.131. The van der Waals surface area contributed by atoms with Crippen molar-refractivity contribution in [2.75, 3.05) is 24.9 Å². The van der Waals surface area contributed by atoms with Crippen molar-refractivity contribution >= 4 is 28.2 Å². The average Bonchev–Trinajstić information content (AvgIpc) is 2.85. The van der Waals surface area contributed by atoms with Crippen LogP contribution in [0, 0.1) is 0 Å². The largest absolute Gasteiger partial charge is 0.497 e. The van der Waals surface area contributed by atoms with Gasteiger partial charge < -0.3 is 20.1 Å². The first kappa shape index (κ1) is 22.0. The summed E-state index contributed by atoms with van der Waals surface area (Å²) in [6, 6.07) is 24.0. The Kier molecular flexibility index (Phi) is 6.59. The molecule has 33 heavy (non-hydrogen) atoms. The molecule has 0 saturated carbocycles. The van der Waals surface area contributed by atoms with Crippen LogP contribution < -0.4 is 25.7 Å². The van der Waals surface area contributed by atoms with E-state index in [-0.39, 0.29) is 18.0 Å². The Morgan fingerprint density at radius 2 is 1.55 bits per heavy atom. The zero-order chi connectivity index (χ0) is 23.2. The number of aromatic nitrogens is 1. The molecule has 2 N–H and O–H groups in total. The van der Waals surface area contributed by atoms with Crippen LogP contribution in [0.4, 0.5) is 11.4 Å². The highest BCUT2D eigenvalue weighted by molar-refractivity contribution is 5.92. The van der Waals surface area contributed by atoms with E-state index in [2.05, 4.69) is 10.6 Å². The van der Waals surface area contributed by atoms with Crippen LogP contribution >= 0.6 is 0 Å². The number of ether oxygens (including phenoxy) is 2. The molecule has 0 radical (unpaired) electrons. The Hall–Kier alpha value is -4.26. The summed E-state index contributed by atoms with van der Waals surface area (Å²) >= 11 is 0. The van der Waals surface area contributed by atoms with E-state index in [9.17, 15) is 9.59 Å². The van der Waals surface area contributed by atoms with Gasteiger partial charge in [-0.3, -0.25) is 14.2 Å². The SMILES string of the molecule is COc1ccc(NC(=O)Cn2c(=O)c(CNc3ccccc3)cc3ccc(OC)cc32)cc1. The van der Waals surface area contributed by atoms with Crippen LogP contribution in [0.15, 0.2) is 83.7 Å². The molecule has 1 amide bonds. The van der Waals surface area contributed by atoms with Gasteiger partial charge in [-0.2, -0.15) is 0 Å². The lowest BCUT2D eigenvalue weighted by Crippen LogP contribution is -2.30. The predicted octanol–water partition coefficient (Wildman–Crippen LogP) is 4.27. The molecule has 0 saturated heterocycles. The number of hydrogen-bond acceptors (Lipinski definition) is 5. The van der Waals surface area contributed by atoms with Crippen molar-refractivity contribution in [1.82, 2.24) is 4.57 Å². The van der Waals surface area contributed by atoms with Crippen LogP contribution in [0.2, 0.25) is 0 Å². The van der Waals surface area contributed by atoms with E-state index in [1.165, 1.54) is 4.57 Å². The Balaban J connectivity index is 1.65. The highest BCUT2D eigenvalue weighted by atomic mass is 16.5. The molecule has 4 aromatic rings. The van der Waals surface area contributed by atoms with Crippen molar-refractivity contribution in [3.8, 4) is 11.5 Å². The van der Waals surface area contributed by atoms with Gasteiger partial charge in [-0.15, -0.1) is 0 Å². The van der Waals surface area contributed by atoms with E-state index in [1.54, 1.807) is 44.6 Å². The quantitative estimate of drug-likeness (QED) is 0.425. The maximum Gasteiger partial charge on any atom is 0.256 e. The topological polar surface area (TPSA) is 81.6 Å². The first-order valence-electron chi connectivity index (χ1n) is 10.5. The van der Waals surface area contributed by atoms with E-state index in [0.29, 0.717) is 34.8 Å². The van der Waals surface area contributed by atoms with Crippen LogP contribution in [0.1, 0.15) is 5.56 Å². The fraction of sp³-hybridized carbons (Fsp3) is 0.154. The highest BCUT2D eigenvalue weighted by Crippen LogP contribution is 2.21. The maximum absolute atomic E-state index is 13.4. The Bertz CT molecular complexity index is 1320. The van der Waals surface area contributed by atoms with Gasteiger partial charge in [0, 0.05) is 29.5 Å². The van der Waals surface area contributed by atoms with Gasteiger partial charge in [0.05, 0.1) is 19.7 Å². The molecule has 4 rings (SSSR count). The number of rotatable bonds is 8. The summed E-state index contributed by atoms with van der Waals surface area (Å²) in [5, 5.41) is 6.95. The van der Waals surface area contributed by atoms with E-state index < -0.39 is 0 Å². The molecule has 0 fully saturated rings. The first-order chi connectivity index (χ1) is 16.1. The molecule has 0 aliphatic rings. The minimum Gasteiger partial charge on any atom is -0.497 e. The summed E-state index contributed by atoms with van der Waals surface area (Å²) in [4.78, 5) is 26.2. The van der Waals surface area contributed by atoms with Crippen LogP contribution in [-0.2, 0) is 17.9 Å². The molecule has 0 unspecified atom stereocenters. The summed E-state index contributed by atoms with van der Waals surface area (Å²) in [5.74, 6) is 1.00. The Labute approximate surface area is 191 Å². The number of anilines is 2. The number of nitrogens with zero attached hydrogens (tertiary/aromatic N) is 1. The fourth-order valence-electron chi connectivity index (χ4n) is 3.59. The molecule has 0 bridgehead atoms. The van der Waals surface area contributed by atoms with Crippen molar-refractivity contribution < 1.29 is 14.3 Å². The van der Waals surface area contributed by atoms with Gasteiger partial charge in [0.2, 0.25) is 5.91 Å². The molecular weight excluding hydrogens is 418 g/mol. The molecular formula is C26H25N3O4. The van der Waals surface area contributed by atoms with Gasteiger partial charge in [-0.1, -0.05) is 18.2 Å². The van der Waals surface area contributed by atoms with Crippen LogP contribution in [0.3, 0.4) is 0 Å². The number of fused-ring (bicyclic) bond motifs is 1. The Morgan fingerprint density at radius 3 is 2.24 bits per heavy atom. The third-order valence-electron chi connectivity index (χ3n) is 5.31. The normalized spacial score (nSPS) is 10.6. The molecule has 0 spiro atoms. The second-order valence-corrected chi connectivity index (χ2v) is 7.48. The molecule has 0 aliphatic carbocycles. The van der Waals surface area contributed by atoms with Gasteiger partial charge in [0.25, 0.3) is 5.56 Å². The number of carbonyl (C=O) groups is 1. The summed E-state index contributed by atoms with van der Waals surface area (Å²) in [5.41, 5.74) is 2.50. The number of benzene rings is 3. The summed E-state index contributed by atoms with van der Waals surface area (Å²) in [6.45, 7) is 0.207. The van der Waals surface area contributed by atoms with Gasteiger partial charge in [-0.05, 0) is 60.0 Å².